The Bertz CT molecular complexity index is 317. The van der Waals surface area contributed by atoms with Gasteiger partial charge < -0.3 is 9.47 Å². The maximum absolute atomic E-state index is 10.7. The van der Waals surface area contributed by atoms with Crippen molar-refractivity contribution >= 4 is 5.97 Å². The molecule has 0 fully saturated rings. The van der Waals surface area contributed by atoms with Gasteiger partial charge in [0.1, 0.15) is 0 Å². The first kappa shape index (κ1) is 11.5. The van der Waals surface area contributed by atoms with E-state index in [1.54, 1.807) is 6.08 Å². The van der Waals surface area contributed by atoms with Gasteiger partial charge in [-0.05, 0) is 5.56 Å². The third-order valence-corrected chi connectivity index (χ3v) is 1.78. The lowest BCUT2D eigenvalue weighted by atomic mass is 10.2. The summed E-state index contributed by atoms with van der Waals surface area (Å²) in [5, 5.41) is 0. The van der Waals surface area contributed by atoms with Crippen molar-refractivity contribution in [2.24, 2.45) is 0 Å². The molecular formula is C12H14O3. The van der Waals surface area contributed by atoms with E-state index in [2.05, 4.69) is 4.74 Å². The Hall–Kier alpha value is -1.61. The lowest BCUT2D eigenvalue weighted by molar-refractivity contribution is -0.134. The highest BCUT2D eigenvalue weighted by molar-refractivity contribution is 5.81. The van der Waals surface area contributed by atoms with Gasteiger partial charge in [0.25, 0.3) is 0 Å². The molecule has 1 rings (SSSR count). The average molecular weight is 206 g/mol. The Labute approximate surface area is 89.3 Å². The van der Waals surface area contributed by atoms with Crippen molar-refractivity contribution in [1.29, 1.82) is 0 Å². The highest BCUT2D eigenvalue weighted by Crippen LogP contribution is 1.99. The van der Waals surface area contributed by atoms with Crippen molar-refractivity contribution in [3.05, 3.63) is 48.0 Å². The summed E-state index contributed by atoms with van der Waals surface area (Å²) in [6, 6.07) is 9.86. The minimum Gasteiger partial charge on any atom is -0.466 e. The molecule has 0 aliphatic carbocycles. The molecule has 0 amide bonds. The predicted octanol–water partition coefficient (Wildman–Crippen LogP) is 1.93. The quantitative estimate of drug-likeness (QED) is 0.419. The van der Waals surface area contributed by atoms with Crippen LogP contribution < -0.4 is 0 Å². The summed E-state index contributed by atoms with van der Waals surface area (Å²) in [6.45, 7) is 0.955. The van der Waals surface area contributed by atoms with Crippen molar-refractivity contribution in [3.8, 4) is 0 Å². The van der Waals surface area contributed by atoms with E-state index < -0.39 is 0 Å². The number of hydrogen-bond acceptors (Lipinski definition) is 3. The third-order valence-electron chi connectivity index (χ3n) is 1.78. The number of hydrogen-bond donors (Lipinski definition) is 0. The van der Waals surface area contributed by atoms with Crippen LogP contribution in [0.5, 0.6) is 0 Å². The fraction of sp³-hybridized carbons (Fsp3) is 0.250. The normalized spacial score (nSPS) is 10.5. The molecule has 0 aromatic heterocycles. The molecule has 0 saturated heterocycles. The van der Waals surface area contributed by atoms with Gasteiger partial charge in [-0.1, -0.05) is 36.4 Å². The van der Waals surface area contributed by atoms with Gasteiger partial charge in [0.2, 0.25) is 0 Å². The number of esters is 1. The van der Waals surface area contributed by atoms with Gasteiger partial charge in [0.15, 0.2) is 0 Å². The van der Waals surface area contributed by atoms with Crippen LogP contribution in [-0.4, -0.2) is 19.7 Å². The Morgan fingerprint density at radius 1 is 1.33 bits per heavy atom. The maximum Gasteiger partial charge on any atom is 0.330 e. The van der Waals surface area contributed by atoms with Crippen LogP contribution in [0.25, 0.3) is 0 Å². The third kappa shape index (κ3) is 4.98. The number of rotatable bonds is 5. The zero-order valence-corrected chi connectivity index (χ0v) is 8.68. The van der Waals surface area contributed by atoms with Gasteiger partial charge in [0.05, 0.1) is 20.3 Å². The van der Waals surface area contributed by atoms with Gasteiger partial charge >= 0.3 is 5.97 Å². The largest absolute Gasteiger partial charge is 0.466 e. The smallest absolute Gasteiger partial charge is 0.330 e. The fourth-order valence-electron chi connectivity index (χ4n) is 1.03. The molecule has 0 saturated carbocycles. The van der Waals surface area contributed by atoms with E-state index in [0.717, 1.165) is 5.56 Å². The SMILES string of the molecule is COC(=O)C=CCOCc1ccccc1. The second kappa shape index (κ2) is 6.79. The van der Waals surface area contributed by atoms with Gasteiger partial charge in [-0.15, -0.1) is 0 Å². The number of carbonyl (C=O) groups is 1. The zero-order chi connectivity index (χ0) is 10.9. The van der Waals surface area contributed by atoms with Crippen LogP contribution >= 0.6 is 0 Å². The summed E-state index contributed by atoms with van der Waals surface area (Å²) in [7, 11) is 1.34. The van der Waals surface area contributed by atoms with Crippen LogP contribution in [0.1, 0.15) is 5.56 Å². The minimum atomic E-state index is -0.363. The lowest BCUT2D eigenvalue weighted by Crippen LogP contribution is -1.96. The Morgan fingerprint density at radius 2 is 2.07 bits per heavy atom. The Kier molecular flexibility index (Phi) is 5.19. The molecule has 0 aliphatic heterocycles. The minimum absolute atomic E-state index is 0.363. The molecule has 0 N–H and O–H groups in total. The molecule has 3 heteroatoms. The van der Waals surface area contributed by atoms with E-state index in [0.29, 0.717) is 13.2 Å². The van der Waals surface area contributed by atoms with E-state index in [-0.39, 0.29) is 5.97 Å². The van der Waals surface area contributed by atoms with Gasteiger partial charge in [-0.2, -0.15) is 0 Å². The predicted molar refractivity (Wildman–Crippen MR) is 57.3 cm³/mol. The molecule has 0 aliphatic rings. The molecule has 0 bridgehead atoms. The van der Waals surface area contributed by atoms with Crippen molar-refractivity contribution in [2.45, 2.75) is 6.61 Å². The molecule has 80 valence electrons. The molecular weight excluding hydrogens is 192 g/mol. The van der Waals surface area contributed by atoms with E-state index in [9.17, 15) is 4.79 Å². The summed E-state index contributed by atoms with van der Waals surface area (Å²) in [6.07, 6.45) is 2.99. The van der Waals surface area contributed by atoms with Gasteiger partial charge in [-0.25, -0.2) is 4.79 Å². The summed E-state index contributed by atoms with van der Waals surface area (Å²) in [5.41, 5.74) is 1.11. The summed E-state index contributed by atoms with van der Waals surface area (Å²) in [5.74, 6) is -0.363. The lowest BCUT2D eigenvalue weighted by Gasteiger charge is -2.00. The number of ether oxygens (including phenoxy) is 2. The van der Waals surface area contributed by atoms with E-state index in [1.165, 1.54) is 13.2 Å². The van der Waals surface area contributed by atoms with Crippen molar-refractivity contribution in [1.82, 2.24) is 0 Å². The number of benzene rings is 1. The Balaban J connectivity index is 2.17. The molecule has 1 aromatic rings. The van der Waals surface area contributed by atoms with E-state index in [4.69, 9.17) is 4.74 Å². The van der Waals surface area contributed by atoms with Crippen LogP contribution in [-0.2, 0) is 20.9 Å². The van der Waals surface area contributed by atoms with Gasteiger partial charge in [-0.3, -0.25) is 0 Å². The first-order valence-electron chi connectivity index (χ1n) is 4.69. The second-order valence-electron chi connectivity index (χ2n) is 2.93. The van der Waals surface area contributed by atoms with Gasteiger partial charge in [0, 0.05) is 6.08 Å². The molecule has 15 heavy (non-hydrogen) atoms. The fourth-order valence-corrected chi connectivity index (χ4v) is 1.03. The molecule has 3 nitrogen and oxygen atoms in total. The van der Waals surface area contributed by atoms with Crippen LogP contribution in [0.15, 0.2) is 42.5 Å². The maximum atomic E-state index is 10.7. The standard InChI is InChI=1S/C12H14O3/c1-14-12(13)8-5-9-15-10-11-6-3-2-4-7-11/h2-8H,9-10H2,1H3. The number of methoxy groups -OCH3 is 1. The Morgan fingerprint density at radius 3 is 2.73 bits per heavy atom. The van der Waals surface area contributed by atoms with Crippen molar-refractivity contribution < 1.29 is 14.3 Å². The molecule has 0 radical (unpaired) electrons. The van der Waals surface area contributed by atoms with E-state index >= 15 is 0 Å². The molecule has 1 aromatic carbocycles. The van der Waals surface area contributed by atoms with E-state index in [1.807, 2.05) is 30.3 Å². The monoisotopic (exact) mass is 206 g/mol. The molecule has 0 unspecified atom stereocenters. The first-order valence-corrected chi connectivity index (χ1v) is 4.69. The number of carbonyl (C=O) groups excluding carboxylic acids is 1. The summed E-state index contributed by atoms with van der Waals surface area (Å²) < 4.78 is 9.75. The molecule has 0 spiro atoms. The molecule has 0 atom stereocenters. The highest BCUT2D eigenvalue weighted by Gasteiger charge is 1.91. The summed E-state index contributed by atoms with van der Waals surface area (Å²) in [4.78, 5) is 10.7. The van der Waals surface area contributed by atoms with Crippen LogP contribution in [0, 0.1) is 0 Å². The van der Waals surface area contributed by atoms with Crippen LogP contribution in [0.4, 0.5) is 0 Å². The topological polar surface area (TPSA) is 35.5 Å². The zero-order valence-electron chi connectivity index (χ0n) is 8.68. The first-order chi connectivity index (χ1) is 7.33. The average Bonchev–Trinajstić information content (AvgIpc) is 2.29. The van der Waals surface area contributed by atoms with Crippen molar-refractivity contribution in [2.75, 3.05) is 13.7 Å². The van der Waals surface area contributed by atoms with Crippen LogP contribution in [0.2, 0.25) is 0 Å². The highest BCUT2D eigenvalue weighted by atomic mass is 16.5. The van der Waals surface area contributed by atoms with Crippen LogP contribution in [0.3, 0.4) is 0 Å². The van der Waals surface area contributed by atoms with Crippen molar-refractivity contribution in [3.63, 3.8) is 0 Å². The molecule has 0 heterocycles. The summed E-state index contributed by atoms with van der Waals surface area (Å²) >= 11 is 0. The second-order valence-corrected chi connectivity index (χ2v) is 2.93.